The lowest BCUT2D eigenvalue weighted by atomic mass is 10.1. The van der Waals surface area contributed by atoms with Crippen LogP contribution in [0.4, 0.5) is 11.4 Å². The highest BCUT2D eigenvalue weighted by Crippen LogP contribution is 2.39. The van der Waals surface area contributed by atoms with Crippen molar-refractivity contribution in [1.82, 2.24) is 5.32 Å². The molecule has 1 fully saturated rings. The summed E-state index contributed by atoms with van der Waals surface area (Å²) in [5.41, 5.74) is 5.97. The van der Waals surface area contributed by atoms with Crippen molar-refractivity contribution in [2.75, 3.05) is 10.6 Å². The minimum absolute atomic E-state index is 0.0488. The average Bonchev–Trinajstić information content (AvgIpc) is 3.69. The highest BCUT2D eigenvalue weighted by atomic mass is 16.5. The number of amides is 4. The molecule has 9 nitrogen and oxygen atoms in total. The Balaban J connectivity index is 1.53. The largest absolute Gasteiger partial charge is 0.455 e. The van der Waals surface area contributed by atoms with Crippen LogP contribution in [0.3, 0.4) is 0 Å². The number of anilines is 2. The maximum atomic E-state index is 13.0. The molecule has 0 radical (unpaired) electrons. The highest BCUT2D eigenvalue weighted by Gasteiger charge is 2.32. The van der Waals surface area contributed by atoms with Gasteiger partial charge in [0.25, 0.3) is 5.91 Å². The SMILES string of the molecule is NC(=O)CC[C@H]1NC(=O)c2cc(Oc3cccc4ccccc34)c(NC(=O)C3CC3)cc2NC1=O. The molecule has 1 saturated carbocycles. The number of ether oxygens (including phenoxy) is 1. The first-order chi connectivity index (χ1) is 16.9. The van der Waals surface area contributed by atoms with Crippen LogP contribution in [0.1, 0.15) is 36.0 Å². The quantitative estimate of drug-likeness (QED) is 0.418. The van der Waals surface area contributed by atoms with Gasteiger partial charge in [0.15, 0.2) is 5.75 Å². The van der Waals surface area contributed by atoms with Gasteiger partial charge in [-0.3, -0.25) is 19.2 Å². The van der Waals surface area contributed by atoms with Crippen LogP contribution in [0, 0.1) is 5.92 Å². The summed E-state index contributed by atoms with van der Waals surface area (Å²) in [7, 11) is 0. The molecule has 5 rings (SSSR count). The van der Waals surface area contributed by atoms with Gasteiger partial charge in [0.1, 0.15) is 11.8 Å². The van der Waals surface area contributed by atoms with E-state index in [0.29, 0.717) is 11.4 Å². The Hall–Kier alpha value is -4.40. The number of nitrogens with one attached hydrogen (secondary N) is 3. The van der Waals surface area contributed by atoms with Crippen LogP contribution in [0.5, 0.6) is 11.5 Å². The van der Waals surface area contributed by atoms with Crippen molar-refractivity contribution in [2.45, 2.75) is 31.7 Å². The van der Waals surface area contributed by atoms with E-state index in [-0.39, 0.29) is 41.7 Å². The summed E-state index contributed by atoms with van der Waals surface area (Å²) < 4.78 is 6.24. The van der Waals surface area contributed by atoms with Gasteiger partial charge in [0.05, 0.1) is 16.9 Å². The van der Waals surface area contributed by atoms with Crippen molar-refractivity contribution in [2.24, 2.45) is 11.7 Å². The zero-order valence-corrected chi connectivity index (χ0v) is 18.8. The number of fused-ring (bicyclic) bond motifs is 2. The van der Waals surface area contributed by atoms with Crippen LogP contribution in [0.15, 0.2) is 54.6 Å². The summed E-state index contributed by atoms with van der Waals surface area (Å²) in [6.07, 6.45) is 1.66. The molecule has 3 aromatic carbocycles. The Morgan fingerprint density at radius 2 is 1.80 bits per heavy atom. The lowest BCUT2D eigenvalue weighted by Crippen LogP contribution is -2.41. The smallest absolute Gasteiger partial charge is 0.254 e. The van der Waals surface area contributed by atoms with E-state index in [9.17, 15) is 19.2 Å². The molecule has 178 valence electrons. The van der Waals surface area contributed by atoms with E-state index in [1.807, 2.05) is 42.5 Å². The summed E-state index contributed by atoms with van der Waals surface area (Å²) in [5, 5.41) is 10.1. The summed E-state index contributed by atoms with van der Waals surface area (Å²) in [4.78, 5) is 49.5. The number of hydrogen-bond donors (Lipinski definition) is 4. The minimum atomic E-state index is -0.922. The zero-order chi connectivity index (χ0) is 24.5. The molecule has 0 bridgehead atoms. The number of benzene rings is 3. The van der Waals surface area contributed by atoms with Crippen LogP contribution < -0.4 is 26.4 Å². The number of carbonyl (C=O) groups excluding carboxylic acids is 4. The zero-order valence-electron chi connectivity index (χ0n) is 18.8. The van der Waals surface area contributed by atoms with Gasteiger partial charge in [-0.25, -0.2) is 0 Å². The van der Waals surface area contributed by atoms with E-state index in [1.54, 1.807) is 0 Å². The van der Waals surface area contributed by atoms with E-state index in [2.05, 4.69) is 16.0 Å². The van der Waals surface area contributed by atoms with E-state index in [0.717, 1.165) is 23.6 Å². The molecule has 2 aliphatic rings. The Bertz CT molecular complexity index is 1360. The van der Waals surface area contributed by atoms with Gasteiger partial charge in [-0.2, -0.15) is 0 Å². The topological polar surface area (TPSA) is 140 Å². The predicted molar refractivity (Wildman–Crippen MR) is 130 cm³/mol. The second kappa shape index (κ2) is 9.09. The van der Waals surface area contributed by atoms with Gasteiger partial charge in [0.2, 0.25) is 17.7 Å². The second-order valence-corrected chi connectivity index (χ2v) is 8.76. The molecule has 5 N–H and O–H groups in total. The van der Waals surface area contributed by atoms with Crippen LogP contribution in [-0.4, -0.2) is 29.7 Å². The predicted octanol–water partition coefficient (Wildman–Crippen LogP) is 3.30. The normalized spacial score (nSPS) is 17.1. The van der Waals surface area contributed by atoms with E-state index >= 15 is 0 Å². The van der Waals surface area contributed by atoms with Crippen molar-refractivity contribution in [1.29, 1.82) is 0 Å². The molecule has 1 aliphatic heterocycles. The van der Waals surface area contributed by atoms with Crippen LogP contribution in [-0.2, 0) is 14.4 Å². The molecular formula is C26H24N4O5. The summed E-state index contributed by atoms with van der Waals surface area (Å²) in [6.45, 7) is 0. The van der Waals surface area contributed by atoms with Gasteiger partial charge >= 0.3 is 0 Å². The number of nitrogens with two attached hydrogens (primary N) is 1. The van der Waals surface area contributed by atoms with Crippen LogP contribution in [0.2, 0.25) is 0 Å². The number of primary amides is 1. The number of rotatable bonds is 7. The van der Waals surface area contributed by atoms with Gasteiger partial charge in [-0.05, 0) is 42.8 Å². The van der Waals surface area contributed by atoms with Crippen molar-refractivity contribution in [3.8, 4) is 11.5 Å². The molecule has 0 spiro atoms. The third kappa shape index (κ3) is 4.79. The summed E-state index contributed by atoms with van der Waals surface area (Å²) >= 11 is 0. The van der Waals surface area contributed by atoms with E-state index < -0.39 is 23.8 Å². The third-order valence-electron chi connectivity index (χ3n) is 6.10. The fraction of sp³-hybridized carbons (Fsp3) is 0.231. The van der Waals surface area contributed by atoms with E-state index in [4.69, 9.17) is 10.5 Å². The first-order valence-corrected chi connectivity index (χ1v) is 11.4. The molecule has 1 heterocycles. The summed E-state index contributed by atoms with van der Waals surface area (Å²) in [5.74, 6) is -0.913. The molecular weight excluding hydrogens is 448 g/mol. The first kappa shape index (κ1) is 22.4. The van der Waals surface area contributed by atoms with Gasteiger partial charge < -0.3 is 26.4 Å². The Morgan fingerprint density at radius 1 is 1.03 bits per heavy atom. The van der Waals surface area contributed by atoms with Gasteiger partial charge in [0, 0.05) is 17.7 Å². The standard InChI is InChI=1S/C26H24N4O5/c27-23(31)11-10-18-26(34)29-19-13-20(30-24(32)15-8-9-15)22(12-17(19)25(33)28-18)35-21-7-3-5-14-4-1-2-6-16(14)21/h1-7,12-13,15,18H,8-11H2,(H2,27,31)(H,28,33)(H,29,34)(H,30,32)/t18-/m1/s1. The molecule has 35 heavy (non-hydrogen) atoms. The molecule has 9 heteroatoms. The average molecular weight is 473 g/mol. The van der Waals surface area contributed by atoms with Crippen molar-refractivity contribution in [3.63, 3.8) is 0 Å². The van der Waals surface area contributed by atoms with Crippen molar-refractivity contribution < 1.29 is 23.9 Å². The van der Waals surface area contributed by atoms with Crippen molar-refractivity contribution in [3.05, 3.63) is 60.2 Å². The van der Waals surface area contributed by atoms with Crippen LogP contribution in [0.25, 0.3) is 10.8 Å². The fourth-order valence-electron chi connectivity index (χ4n) is 4.05. The van der Waals surface area contributed by atoms with Crippen molar-refractivity contribution >= 4 is 45.8 Å². The monoisotopic (exact) mass is 472 g/mol. The molecule has 0 unspecified atom stereocenters. The maximum absolute atomic E-state index is 13.0. The van der Waals surface area contributed by atoms with Crippen LogP contribution >= 0.6 is 0 Å². The van der Waals surface area contributed by atoms with Gasteiger partial charge in [-0.15, -0.1) is 0 Å². The first-order valence-electron chi connectivity index (χ1n) is 11.4. The third-order valence-corrected chi connectivity index (χ3v) is 6.10. The lowest BCUT2D eigenvalue weighted by molar-refractivity contribution is -0.120. The Kier molecular flexibility index (Phi) is 5.82. The highest BCUT2D eigenvalue weighted by molar-refractivity contribution is 6.11. The lowest BCUT2D eigenvalue weighted by Gasteiger charge is -2.17. The molecule has 1 aliphatic carbocycles. The Morgan fingerprint density at radius 3 is 2.57 bits per heavy atom. The Labute approximate surface area is 201 Å². The maximum Gasteiger partial charge on any atom is 0.254 e. The molecule has 0 aromatic heterocycles. The van der Waals surface area contributed by atoms with Gasteiger partial charge in [-0.1, -0.05) is 36.4 Å². The number of hydrogen-bond acceptors (Lipinski definition) is 5. The molecule has 3 aromatic rings. The fourth-order valence-corrected chi connectivity index (χ4v) is 4.05. The molecule has 0 saturated heterocycles. The molecule has 1 atom stereocenters. The molecule has 4 amide bonds. The summed E-state index contributed by atoms with van der Waals surface area (Å²) in [6, 6.07) is 15.5. The second-order valence-electron chi connectivity index (χ2n) is 8.76. The number of carbonyl (C=O) groups is 4. The minimum Gasteiger partial charge on any atom is -0.455 e. The van der Waals surface area contributed by atoms with E-state index in [1.165, 1.54) is 12.1 Å².